The molecule has 0 aliphatic heterocycles. The lowest BCUT2D eigenvalue weighted by Crippen LogP contribution is -2.03. The summed E-state index contributed by atoms with van der Waals surface area (Å²) in [4.78, 5) is 1.41. The highest BCUT2D eigenvalue weighted by Gasteiger charge is 2.06. The van der Waals surface area contributed by atoms with E-state index in [1.54, 1.807) is 17.9 Å². The molecule has 0 fully saturated rings. The smallest absolute Gasteiger partial charge is 0.196 e. The van der Waals surface area contributed by atoms with Gasteiger partial charge in [0.2, 0.25) is 0 Å². The SMILES string of the molecule is Cn1nnc(Cn2cc(Cl)c(I)n2)n1. The van der Waals surface area contributed by atoms with E-state index in [2.05, 4.69) is 43.1 Å². The predicted molar refractivity (Wildman–Crippen MR) is 57.9 cm³/mol. The zero-order valence-corrected chi connectivity index (χ0v) is 10.1. The van der Waals surface area contributed by atoms with Crippen molar-refractivity contribution in [3.8, 4) is 0 Å². The lowest BCUT2D eigenvalue weighted by atomic mass is 10.6. The van der Waals surface area contributed by atoms with Gasteiger partial charge in [0.1, 0.15) is 10.2 Å². The van der Waals surface area contributed by atoms with Crippen molar-refractivity contribution < 1.29 is 0 Å². The minimum absolute atomic E-state index is 0.483. The van der Waals surface area contributed by atoms with Crippen LogP contribution in [-0.2, 0) is 13.6 Å². The summed E-state index contributed by atoms with van der Waals surface area (Å²) in [6.07, 6.45) is 1.74. The first kappa shape index (κ1) is 9.84. The van der Waals surface area contributed by atoms with E-state index in [9.17, 15) is 0 Å². The molecule has 0 amide bonds. The van der Waals surface area contributed by atoms with Crippen molar-refractivity contribution in [3.05, 3.63) is 20.7 Å². The van der Waals surface area contributed by atoms with Gasteiger partial charge in [-0.1, -0.05) is 11.6 Å². The molecule has 0 aliphatic rings. The molecule has 0 spiro atoms. The third-order valence-electron chi connectivity index (χ3n) is 1.53. The maximum Gasteiger partial charge on any atom is 0.196 e. The molecule has 2 heterocycles. The number of halogens is 2. The van der Waals surface area contributed by atoms with Crippen molar-refractivity contribution in [1.29, 1.82) is 0 Å². The van der Waals surface area contributed by atoms with E-state index < -0.39 is 0 Å². The second kappa shape index (κ2) is 3.81. The number of aromatic nitrogens is 6. The molecule has 0 saturated heterocycles. The molecule has 0 bridgehead atoms. The molecule has 0 aromatic carbocycles. The Morgan fingerprint density at radius 1 is 1.50 bits per heavy atom. The fraction of sp³-hybridized carbons (Fsp3) is 0.333. The number of nitrogens with zero attached hydrogens (tertiary/aromatic N) is 6. The quantitative estimate of drug-likeness (QED) is 0.764. The van der Waals surface area contributed by atoms with Gasteiger partial charge in [0.15, 0.2) is 5.82 Å². The summed E-state index contributed by atoms with van der Waals surface area (Å²) in [6, 6.07) is 0. The molecule has 0 aliphatic carbocycles. The number of hydrogen-bond acceptors (Lipinski definition) is 4. The first-order chi connectivity index (χ1) is 6.65. The van der Waals surface area contributed by atoms with Gasteiger partial charge in [0.05, 0.1) is 12.1 Å². The lowest BCUT2D eigenvalue weighted by molar-refractivity contribution is 0.616. The van der Waals surface area contributed by atoms with Crippen LogP contribution in [0.1, 0.15) is 5.82 Å². The highest BCUT2D eigenvalue weighted by molar-refractivity contribution is 14.1. The summed E-state index contributed by atoms with van der Waals surface area (Å²) in [5.74, 6) is 0.614. The largest absolute Gasteiger partial charge is 0.262 e. The van der Waals surface area contributed by atoms with Crippen LogP contribution < -0.4 is 0 Å². The molecule has 8 heteroatoms. The van der Waals surface area contributed by atoms with Crippen molar-refractivity contribution in [3.63, 3.8) is 0 Å². The van der Waals surface area contributed by atoms with Gasteiger partial charge in [-0.15, -0.1) is 10.2 Å². The Morgan fingerprint density at radius 3 is 2.79 bits per heavy atom. The monoisotopic (exact) mass is 324 g/mol. The normalized spacial score (nSPS) is 10.8. The third-order valence-corrected chi connectivity index (χ3v) is 2.92. The van der Waals surface area contributed by atoms with Crippen molar-refractivity contribution >= 4 is 34.2 Å². The summed E-state index contributed by atoms with van der Waals surface area (Å²) in [7, 11) is 1.72. The molecule has 0 unspecified atom stereocenters. The summed E-state index contributed by atoms with van der Waals surface area (Å²) in [5.41, 5.74) is 0. The number of tetrazole rings is 1. The molecular weight excluding hydrogens is 318 g/mol. The van der Waals surface area contributed by atoms with Crippen LogP contribution in [0, 0.1) is 3.70 Å². The highest BCUT2D eigenvalue weighted by atomic mass is 127. The van der Waals surface area contributed by atoms with E-state index in [-0.39, 0.29) is 0 Å². The minimum Gasteiger partial charge on any atom is -0.262 e. The second-order valence-corrected chi connectivity index (χ2v) is 4.09. The third kappa shape index (κ3) is 2.03. The molecule has 2 rings (SSSR count). The number of hydrogen-bond donors (Lipinski definition) is 0. The maximum atomic E-state index is 5.85. The van der Waals surface area contributed by atoms with E-state index in [4.69, 9.17) is 11.6 Å². The highest BCUT2D eigenvalue weighted by Crippen LogP contribution is 2.15. The molecule has 2 aromatic rings. The molecule has 0 N–H and O–H groups in total. The Balaban J connectivity index is 2.18. The van der Waals surface area contributed by atoms with Gasteiger partial charge in [0.25, 0.3) is 0 Å². The molecule has 6 nitrogen and oxygen atoms in total. The van der Waals surface area contributed by atoms with Crippen LogP contribution in [0.15, 0.2) is 6.20 Å². The molecule has 14 heavy (non-hydrogen) atoms. The van der Waals surface area contributed by atoms with Gasteiger partial charge in [-0.3, -0.25) is 4.68 Å². The van der Waals surface area contributed by atoms with Crippen molar-refractivity contribution in [2.24, 2.45) is 7.05 Å². The van der Waals surface area contributed by atoms with E-state index in [0.29, 0.717) is 17.4 Å². The summed E-state index contributed by atoms with van der Waals surface area (Å²) >= 11 is 7.92. The summed E-state index contributed by atoms with van der Waals surface area (Å²) in [5, 5.41) is 16.4. The fourth-order valence-corrected chi connectivity index (χ4v) is 1.55. The van der Waals surface area contributed by atoms with Gasteiger partial charge in [-0.05, 0) is 27.8 Å². The van der Waals surface area contributed by atoms with Gasteiger partial charge >= 0.3 is 0 Å². The zero-order valence-electron chi connectivity index (χ0n) is 7.22. The van der Waals surface area contributed by atoms with E-state index in [1.165, 1.54) is 4.80 Å². The molecule has 0 saturated carbocycles. The molecule has 2 aromatic heterocycles. The zero-order chi connectivity index (χ0) is 10.1. The van der Waals surface area contributed by atoms with Gasteiger partial charge in [-0.25, -0.2) is 0 Å². The Morgan fingerprint density at radius 2 is 2.29 bits per heavy atom. The topological polar surface area (TPSA) is 61.4 Å². The lowest BCUT2D eigenvalue weighted by Gasteiger charge is -1.93. The fourth-order valence-electron chi connectivity index (χ4n) is 0.986. The van der Waals surface area contributed by atoms with E-state index >= 15 is 0 Å². The minimum atomic E-state index is 0.483. The van der Waals surface area contributed by atoms with Gasteiger partial charge < -0.3 is 0 Å². The average Bonchev–Trinajstić information content (AvgIpc) is 2.62. The average molecular weight is 325 g/mol. The Labute approximate surface area is 98.4 Å². The van der Waals surface area contributed by atoms with Crippen LogP contribution in [0.2, 0.25) is 5.02 Å². The standard InChI is InChI=1S/C6H6ClIN6/c1-13-10-5(9-12-13)3-14-2-4(7)6(8)11-14/h2H,3H2,1H3. The Bertz CT molecular complexity index is 429. The van der Waals surface area contributed by atoms with Crippen LogP contribution in [-0.4, -0.2) is 30.0 Å². The number of aryl methyl sites for hydroxylation is 1. The Hall–Kier alpha value is -0.700. The van der Waals surface area contributed by atoms with Crippen molar-refractivity contribution in [2.75, 3.05) is 0 Å². The van der Waals surface area contributed by atoms with Crippen molar-refractivity contribution in [2.45, 2.75) is 6.54 Å². The predicted octanol–water partition coefficient (Wildman–Crippen LogP) is 0.713. The van der Waals surface area contributed by atoms with Gasteiger partial charge in [-0.2, -0.15) is 9.90 Å². The first-order valence-corrected chi connectivity index (χ1v) is 5.22. The van der Waals surface area contributed by atoms with E-state index in [0.717, 1.165) is 3.70 Å². The second-order valence-electron chi connectivity index (χ2n) is 2.66. The maximum absolute atomic E-state index is 5.85. The summed E-state index contributed by atoms with van der Waals surface area (Å²) < 4.78 is 2.45. The molecule has 0 radical (unpaired) electrons. The van der Waals surface area contributed by atoms with Crippen molar-refractivity contribution in [1.82, 2.24) is 30.0 Å². The van der Waals surface area contributed by atoms with Crippen LogP contribution in [0.25, 0.3) is 0 Å². The molecule has 74 valence electrons. The van der Waals surface area contributed by atoms with Crippen LogP contribution in [0.4, 0.5) is 0 Å². The molecular formula is C6H6ClIN6. The Kier molecular flexibility index (Phi) is 2.68. The van der Waals surface area contributed by atoms with Crippen LogP contribution in [0.3, 0.4) is 0 Å². The first-order valence-electron chi connectivity index (χ1n) is 3.76. The van der Waals surface area contributed by atoms with Gasteiger partial charge in [0, 0.05) is 6.20 Å². The van der Waals surface area contributed by atoms with Crippen LogP contribution >= 0.6 is 34.2 Å². The number of rotatable bonds is 2. The van der Waals surface area contributed by atoms with E-state index in [1.807, 2.05) is 0 Å². The molecule has 0 atom stereocenters. The summed E-state index contributed by atoms with van der Waals surface area (Å²) in [6.45, 7) is 0.483. The van der Waals surface area contributed by atoms with Crippen LogP contribution in [0.5, 0.6) is 0 Å².